The average molecular weight is 161 g/mol. The molecule has 0 heterocycles. The van der Waals surface area contributed by atoms with Gasteiger partial charge in [-0.3, -0.25) is 0 Å². The van der Waals surface area contributed by atoms with Gasteiger partial charge in [-0.15, -0.1) is 0 Å². The second-order valence-electron chi connectivity index (χ2n) is 3.58. The van der Waals surface area contributed by atoms with Gasteiger partial charge in [-0.1, -0.05) is 13.8 Å². The summed E-state index contributed by atoms with van der Waals surface area (Å²) in [7, 11) is 0.192. The van der Waals surface area contributed by atoms with E-state index in [-0.39, 0.29) is 5.67 Å². The third kappa shape index (κ3) is 2.40. The summed E-state index contributed by atoms with van der Waals surface area (Å²) in [6.45, 7) is 8.58. The van der Waals surface area contributed by atoms with Crippen molar-refractivity contribution in [3.8, 4) is 0 Å². The lowest BCUT2D eigenvalue weighted by molar-refractivity contribution is 0.375. The van der Waals surface area contributed by atoms with Gasteiger partial charge in [0.05, 0.1) is 0 Å². The molecule has 62 valence electrons. The van der Waals surface area contributed by atoms with Crippen LogP contribution in [0.2, 0.25) is 13.1 Å². The Bertz CT molecular complexity index is 104. The van der Waals surface area contributed by atoms with Crippen LogP contribution in [0.4, 0.5) is 0 Å². The SMILES string of the molecule is CO[Si](C)(C)C(N)C(C)C. The molecule has 0 bridgehead atoms. The maximum absolute atomic E-state index is 5.94. The maximum atomic E-state index is 5.94. The van der Waals surface area contributed by atoms with Crippen molar-refractivity contribution in [2.24, 2.45) is 11.7 Å². The maximum Gasteiger partial charge on any atom is 0.202 e. The first-order valence-electron chi connectivity index (χ1n) is 3.72. The van der Waals surface area contributed by atoms with E-state index in [1.807, 2.05) is 0 Å². The van der Waals surface area contributed by atoms with Crippen LogP contribution in [0.25, 0.3) is 0 Å². The molecule has 0 spiro atoms. The molecular formula is C7H19NOSi. The highest BCUT2D eigenvalue weighted by atomic mass is 28.4. The summed E-state index contributed by atoms with van der Waals surface area (Å²) in [5, 5.41) is 0. The summed E-state index contributed by atoms with van der Waals surface area (Å²) < 4.78 is 5.37. The monoisotopic (exact) mass is 161 g/mol. The van der Waals surface area contributed by atoms with Gasteiger partial charge in [-0.25, -0.2) is 0 Å². The zero-order valence-electron chi connectivity index (χ0n) is 7.64. The van der Waals surface area contributed by atoms with Gasteiger partial charge in [-0.2, -0.15) is 0 Å². The minimum atomic E-state index is -1.57. The molecule has 0 fully saturated rings. The van der Waals surface area contributed by atoms with Gasteiger partial charge >= 0.3 is 0 Å². The Hall–Kier alpha value is 0.137. The third-order valence-corrected chi connectivity index (χ3v) is 5.37. The third-order valence-electron chi connectivity index (χ3n) is 2.05. The summed E-state index contributed by atoms with van der Waals surface area (Å²) in [5.74, 6) is 0.529. The second-order valence-corrected chi connectivity index (χ2v) is 7.86. The average Bonchev–Trinajstić information content (AvgIpc) is 1.86. The largest absolute Gasteiger partial charge is 0.419 e. The number of hydrogen-bond donors (Lipinski definition) is 1. The van der Waals surface area contributed by atoms with Crippen molar-refractivity contribution in [1.29, 1.82) is 0 Å². The van der Waals surface area contributed by atoms with Crippen molar-refractivity contribution in [1.82, 2.24) is 0 Å². The minimum Gasteiger partial charge on any atom is -0.419 e. The fourth-order valence-electron chi connectivity index (χ4n) is 0.939. The molecule has 2 N–H and O–H groups in total. The molecule has 1 atom stereocenters. The van der Waals surface area contributed by atoms with Crippen molar-refractivity contribution in [2.75, 3.05) is 7.11 Å². The van der Waals surface area contributed by atoms with Gasteiger partial charge in [0.1, 0.15) is 0 Å². The summed E-state index contributed by atoms with van der Waals surface area (Å²) in [4.78, 5) is 0. The van der Waals surface area contributed by atoms with E-state index in [1.165, 1.54) is 0 Å². The van der Waals surface area contributed by atoms with Crippen LogP contribution in [0.3, 0.4) is 0 Å². The van der Waals surface area contributed by atoms with E-state index < -0.39 is 8.32 Å². The van der Waals surface area contributed by atoms with Gasteiger partial charge in [0, 0.05) is 12.8 Å². The molecule has 3 heteroatoms. The molecule has 0 amide bonds. The number of rotatable bonds is 3. The molecule has 1 unspecified atom stereocenters. The smallest absolute Gasteiger partial charge is 0.202 e. The molecule has 10 heavy (non-hydrogen) atoms. The highest BCUT2D eigenvalue weighted by Crippen LogP contribution is 2.13. The van der Waals surface area contributed by atoms with Crippen LogP contribution >= 0.6 is 0 Å². The molecule has 2 nitrogen and oxygen atoms in total. The predicted octanol–water partition coefficient (Wildman–Crippen LogP) is 1.36. The van der Waals surface area contributed by atoms with Gasteiger partial charge in [0.2, 0.25) is 8.32 Å². The first kappa shape index (κ1) is 10.1. The summed E-state index contributed by atoms with van der Waals surface area (Å²) >= 11 is 0. The van der Waals surface area contributed by atoms with Crippen molar-refractivity contribution >= 4 is 8.32 Å². The Morgan fingerprint density at radius 1 is 1.30 bits per heavy atom. The number of nitrogens with two attached hydrogens (primary N) is 1. The highest BCUT2D eigenvalue weighted by molar-refractivity contribution is 6.72. The van der Waals surface area contributed by atoms with E-state index in [2.05, 4.69) is 26.9 Å². The molecule has 0 aromatic rings. The molecule has 0 aliphatic rings. The topological polar surface area (TPSA) is 35.2 Å². The fourth-order valence-corrected chi connectivity index (χ4v) is 2.82. The van der Waals surface area contributed by atoms with E-state index in [9.17, 15) is 0 Å². The Kier molecular flexibility index (Phi) is 3.55. The number of hydrogen-bond acceptors (Lipinski definition) is 2. The molecule has 0 saturated carbocycles. The molecule has 0 aliphatic carbocycles. The van der Waals surface area contributed by atoms with Crippen molar-refractivity contribution in [2.45, 2.75) is 32.6 Å². The van der Waals surface area contributed by atoms with E-state index in [1.54, 1.807) is 7.11 Å². The molecule has 0 aromatic carbocycles. The lowest BCUT2D eigenvalue weighted by atomic mass is 10.2. The van der Waals surface area contributed by atoms with Crippen LogP contribution in [-0.2, 0) is 4.43 Å². The van der Waals surface area contributed by atoms with Crippen molar-refractivity contribution < 1.29 is 4.43 Å². The first-order chi connectivity index (χ1) is 4.41. The predicted molar refractivity (Wildman–Crippen MR) is 47.3 cm³/mol. The molecule has 0 saturated heterocycles. The standard InChI is InChI=1S/C7H19NOSi/c1-6(2)7(8)10(4,5)9-3/h6-7H,8H2,1-5H3. The summed E-state index contributed by atoms with van der Waals surface area (Å²) in [6.07, 6.45) is 0. The van der Waals surface area contributed by atoms with E-state index in [0.29, 0.717) is 5.92 Å². The molecule has 0 radical (unpaired) electrons. The van der Waals surface area contributed by atoms with Crippen LogP contribution in [0.15, 0.2) is 0 Å². The van der Waals surface area contributed by atoms with Crippen LogP contribution < -0.4 is 5.73 Å². The van der Waals surface area contributed by atoms with Crippen LogP contribution in [0.1, 0.15) is 13.8 Å². The van der Waals surface area contributed by atoms with Crippen molar-refractivity contribution in [3.05, 3.63) is 0 Å². The quantitative estimate of drug-likeness (QED) is 0.634. The van der Waals surface area contributed by atoms with E-state index in [4.69, 9.17) is 10.2 Å². The first-order valence-corrected chi connectivity index (χ1v) is 6.71. The van der Waals surface area contributed by atoms with Crippen LogP contribution in [0.5, 0.6) is 0 Å². The van der Waals surface area contributed by atoms with Crippen molar-refractivity contribution in [3.63, 3.8) is 0 Å². The molecular weight excluding hydrogens is 142 g/mol. The summed E-state index contributed by atoms with van der Waals surface area (Å²) in [6, 6.07) is 0. The van der Waals surface area contributed by atoms with Crippen LogP contribution in [0, 0.1) is 5.92 Å². The zero-order valence-corrected chi connectivity index (χ0v) is 8.64. The van der Waals surface area contributed by atoms with Crippen LogP contribution in [-0.4, -0.2) is 21.1 Å². The second kappa shape index (κ2) is 3.51. The van der Waals surface area contributed by atoms with Gasteiger partial charge in [0.15, 0.2) is 0 Å². The molecule has 0 aliphatic heterocycles. The Labute approximate surface area is 64.9 Å². The molecule has 0 rings (SSSR count). The molecule has 0 aromatic heterocycles. The minimum absolute atomic E-state index is 0.248. The summed E-state index contributed by atoms with van der Waals surface area (Å²) in [5.41, 5.74) is 6.19. The van der Waals surface area contributed by atoms with E-state index in [0.717, 1.165) is 0 Å². The van der Waals surface area contributed by atoms with Gasteiger partial charge < -0.3 is 10.2 Å². The highest BCUT2D eigenvalue weighted by Gasteiger charge is 2.31. The van der Waals surface area contributed by atoms with Gasteiger partial charge in [-0.05, 0) is 19.0 Å². The Morgan fingerprint density at radius 2 is 1.70 bits per heavy atom. The lowest BCUT2D eigenvalue weighted by Gasteiger charge is -2.30. The fraction of sp³-hybridized carbons (Fsp3) is 1.00. The van der Waals surface area contributed by atoms with Gasteiger partial charge in [0.25, 0.3) is 0 Å². The lowest BCUT2D eigenvalue weighted by Crippen LogP contribution is -2.52. The Balaban J connectivity index is 4.03. The Morgan fingerprint density at radius 3 is 1.80 bits per heavy atom. The normalized spacial score (nSPS) is 15.9. The zero-order chi connectivity index (χ0) is 8.36. The van der Waals surface area contributed by atoms with E-state index >= 15 is 0 Å².